The van der Waals surface area contributed by atoms with E-state index in [2.05, 4.69) is 6.92 Å². The molecule has 0 saturated carbocycles. The van der Waals surface area contributed by atoms with Crippen molar-refractivity contribution in [3.63, 3.8) is 0 Å². The SMILES string of the molecule is Cc1cccc(C)c1OCC(C)CCC(N)=O. The van der Waals surface area contributed by atoms with Gasteiger partial charge in [0.05, 0.1) is 6.61 Å². The molecule has 0 aliphatic rings. The molecule has 1 aromatic carbocycles. The number of amides is 1. The first-order valence-electron chi connectivity index (χ1n) is 5.98. The second-order valence-electron chi connectivity index (χ2n) is 4.64. The van der Waals surface area contributed by atoms with Gasteiger partial charge in [-0.05, 0) is 37.3 Å². The van der Waals surface area contributed by atoms with Gasteiger partial charge in [-0.2, -0.15) is 0 Å². The van der Waals surface area contributed by atoms with Crippen molar-refractivity contribution in [2.45, 2.75) is 33.6 Å². The number of para-hydroxylation sites is 1. The Balaban J connectivity index is 2.47. The van der Waals surface area contributed by atoms with Gasteiger partial charge in [0, 0.05) is 6.42 Å². The quantitative estimate of drug-likeness (QED) is 0.824. The molecule has 0 aliphatic heterocycles. The molecule has 2 N–H and O–H groups in total. The fourth-order valence-corrected chi connectivity index (χ4v) is 1.72. The topological polar surface area (TPSA) is 52.3 Å². The summed E-state index contributed by atoms with van der Waals surface area (Å²) in [4.78, 5) is 10.7. The molecule has 3 heteroatoms. The second-order valence-corrected chi connectivity index (χ2v) is 4.64. The molecule has 0 aliphatic carbocycles. The third-order valence-electron chi connectivity index (χ3n) is 2.80. The minimum absolute atomic E-state index is 0.246. The number of hydrogen-bond acceptors (Lipinski definition) is 2. The standard InChI is InChI=1S/C14H21NO2/c1-10(7-8-13(15)16)9-17-14-11(2)5-4-6-12(14)3/h4-6,10H,7-9H2,1-3H3,(H2,15,16). The smallest absolute Gasteiger partial charge is 0.217 e. The Morgan fingerprint density at radius 2 is 1.94 bits per heavy atom. The van der Waals surface area contributed by atoms with Crippen LogP contribution < -0.4 is 10.5 Å². The molecule has 1 unspecified atom stereocenters. The fraction of sp³-hybridized carbons (Fsp3) is 0.500. The summed E-state index contributed by atoms with van der Waals surface area (Å²) in [7, 11) is 0. The van der Waals surface area contributed by atoms with Crippen LogP contribution in [0, 0.1) is 19.8 Å². The van der Waals surface area contributed by atoms with Crippen molar-refractivity contribution in [1.29, 1.82) is 0 Å². The van der Waals surface area contributed by atoms with Gasteiger partial charge in [-0.1, -0.05) is 25.1 Å². The molecule has 0 aromatic heterocycles. The highest BCUT2D eigenvalue weighted by atomic mass is 16.5. The van der Waals surface area contributed by atoms with Crippen molar-refractivity contribution >= 4 is 5.91 Å². The summed E-state index contributed by atoms with van der Waals surface area (Å²) in [6.45, 7) is 6.77. The first-order valence-corrected chi connectivity index (χ1v) is 5.98. The first kappa shape index (κ1) is 13.6. The van der Waals surface area contributed by atoms with Crippen LogP contribution in [0.2, 0.25) is 0 Å². The Bertz CT molecular complexity index is 368. The molecule has 0 heterocycles. The lowest BCUT2D eigenvalue weighted by atomic mass is 10.1. The largest absolute Gasteiger partial charge is 0.493 e. The van der Waals surface area contributed by atoms with E-state index in [9.17, 15) is 4.79 Å². The summed E-state index contributed by atoms with van der Waals surface area (Å²) in [6, 6.07) is 6.10. The first-order chi connectivity index (χ1) is 8.00. The minimum atomic E-state index is -0.246. The molecular formula is C14H21NO2. The van der Waals surface area contributed by atoms with Crippen molar-refractivity contribution in [1.82, 2.24) is 0 Å². The summed E-state index contributed by atoms with van der Waals surface area (Å²) in [5.41, 5.74) is 7.41. The number of benzene rings is 1. The van der Waals surface area contributed by atoms with Crippen molar-refractivity contribution < 1.29 is 9.53 Å². The minimum Gasteiger partial charge on any atom is -0.493 e. The van der Waals surface area contributed by atoms with Crippen LogP contribution in [-0.2, 0) is 4.79 Å². The monoisotopic (exact) mass is 235 g/mol. The van der Waals surface area contributed by atoms with Gasteiger partial charge in [-0.3, -0.25) is 4.79 Å². The Hall–Kier alpha value is -1.51. The van der Waals surface area contributed by atoms with Gasteiger partial charge in [-0.25, -0.2) is 0 Å². The Morgan fingerprint density at radius 1 is 1.35 bits per heavy atom. The van der Waals surface area contributed by atoms with E-state index in [4.69, 9.17) is 10.5 Å². The average molecular weight is 235 g/mol. The third kappa shape index (κ3) is 4.47. The van der Waals surface area contributed by atoms with Crippen molar-refractivity contribution in [2.75, 3.05) is 6.61 Å². The van der Waals surface area contributed by atoms with E-state index in [-0.39, 0.29) is 5.91 Å². The van der Waals surface area contributed by atoms with Crippen LogP contribution in [0.4, 0.5) is 0 Å². The molecule has 1 atom stereocenters. The van der Waals surface area contributed by atoms with E-state index in [1.54, 1.807) is 0 Å². The molecule has 0 bridgehead atoms. The molecule has 94 valence electrons. The summed E-state index contributed by atoms with van der Waals surface area (Å²) < 4.78 is 5.81. The molecule has 3 nitrogen and oxygen atoms in total. The summed E-state index contributed by atoms with van der Waals surface area (Å²) in [5, 5.41) is 0. The molecule has 17 heavy (non-hydrogen) atoms. The van der Waals surface area contributed by atoms with Gasteiger partial charge in [0.15, 0.2) is 0 Å². The molecule has 1 rings (SSSR count). The maximum atomic E-state index is 10.7. The number of ether oxygens (including phenoxy) is 1. The predicted molar refractivity (Wildman–Crippen MR) is 69.0 cm³/mol. The molecule has 0 radical (unpaired) electrons. The van der Waals surface area contributed by atoms with Crippen LogP contribution in [0.25, 0.3) is 0 Å². The fourth-order valence-electron chi connectivity index (χ4n) is 1.72. The molecule has 1 aromatic rings. The van der Waals surface area contributed by atoms with Gasteiger partial charge >= 0.3 is 0 Å². The lowest BCUT2D eigenvalue weighted by Crippen LogP contribution is -2.15. The van der Waals surface area contributed by atoms with Crippen molar-refractivity contribution in [3.8, 4) is 5.75 Å². The normalized spacial score (nSPS) is 12.2. The predicted octanol–water partition coefficient (Wildman–Crippen LogP) is 2.58. The summed E-state index contributed by atoms with van der Waals surface area (Å²) in [5.74, 6) is 1.05. The number of carbonyl (C=O) groups is 1. The molecule has 0 saturated heterocycles. The zero-order valence-corrected chi connectivity index (χ0v) is 10.8. The van der Waals surface area contributed by atoms with E-state index in [1.165, 1.54) is 0 Å². The highest BCUT2D eigenvalue weighted by molar-refractivity contribution is 5.73. The van der Waals surface area contributed by atoms with Crippen molar-refractivity contribution in [3.05, 3.63) is 29.3 Å². The zero-order chi connectivity index (χ0) is 12.8. The molecular weight excluding hydrogens is 214 g/mol. The van der Waals surface area contributed by atoms with E-state index < -0.39 is 0 Å². The average Bonchev–Trinajstić information content (AvgIpc) is 2.25. The van der Waals surface area contributed by atoms with Gasteiger partial charge in [0.2, 0.25) is 5.91 Å². The highest BCUT2D eigenvalue weighted by Gasteiger charge is 2.08. The van der Waals surface area contributed by atoms with Crippen LogP contribution >= 0.6 is 0 Å². The van der Waals surface area contributed by atoms with Crippen molar-refractivity contribution in [2.24, 2.45) is 11.7 Å². The van der Waals surface area contributed by atoms with Crippen LogP contribution in [0.1, 0.15) is 30.9 Å². The van der Waals surface area contributed by atoms with Gasteiger partial charge in [0.25, 0.3) is 0 Å². The van der Waals surface area contributed by atoms with Crippen LogP contribution in [-0.4, -0.2) is 12.5 Å². The van der Waals surface area contributed by atoms with Gasteiger partial charge < -0.3 is 10.5 Å². The van der Waals surface area contributed by atoms with Crippen LogP contribution in [0.3, 0.4) is 0 Å². The second kappa shape index (κ2) is 6.28. The maximum absolute atomic E-state index is 10.7. The van der Waals surface area contributed by atoms with E-state index in [0.29, 0.717) is 18.9 Å². The van der Waals surface area contributed by atoms with Gasteiger partial charge in [0.1, 0.15) is 5.75 Å². The number of aryl methyl sites for hydroxylation is 2. The maximum Gasteiger partial charge on any atom is 0.217 e. The molecule has 1 amide bonds. The lowest BCUT2D eigenvalue weighted by molar-refractivity contribution is -0.118. The van der Waals surface area contributed by atoms with E-state index in [1.807, 2.05) is 32.0 Å². The number of nitrogens with two attached hydrogens (primary N) is 1. The number of carbonyl (C=O) groups excluding carboxylic acids is 1. The molecule has 0 fully saturated rings. The number of hydrogen-bond donors (Lipinski definition) is 1. The summed E-state index contributed by atoms with van der Waals surface area (Å²) in [6.07, 6.45) is 1.21. The summed E-state index contributed by atoms with van der Waals surface area (Å²) >= 11 is 0. The van der Waals surface area contributed by atoms with Crippen LogP contribution in [0.15, 0.2) is 18.2 Å². The zero-order valence-electron chi connectivity index (χ0n) is 10.8. The van der Waals surface area contributed by atoms with Crippen LogP contribution in [0.5, 0.6) is 5.75 Å². The molecule has 0 spiro atoms. The number of rotatable bonds is 6. The lowest BCUT2D eigenvalue weighted by Gasteiger charge is -2.15. The Kier molecular flexibility index (Phi) is 5.01. The van der Waals surface area contributed by atoms with Gasteiger partial charge in [-0.15, -0.1) is 0 Å². The highest BCUT2D eigenvalue weighted by Crippen LogP contribution is 2.23. The number of primary amides is 1. The third-order valence-corrected chi connectivity index (χ3v) is 2.80. The van der Waals surface area contributed by atoms with E-state index >= 15 is 0 Å². The Morgan fingerprint density at radius 3 is 2.47 bits per heavy atom. The van der Waals surface area contributed by atoms with E-state index in [0.717, 1.165) is 23.3 Å². The Labute approximate surface area is 103 Å².